The summed E-state index contributed by atoms with van der Waals surface area (Å²) in [5, 5.41) is 14.1. The summed E-state index contributed by atoms with van der Waals surface area (Å²) in [7, 11) is 0. The minimum Gasteiger partial charge on any atom is -0.394 e. The molecule has 0 radical (unpaired) electrons. The van der Waals surface area contributed by atoms with Crippen LogP contribution in [0.15, 0.2) is 6.07 Å². The molecule has 19 heavy (non-hydrogen) atoms. The van der Waals surface area contributed by atoms with E-state index in [2.05, 4.69) is 29.7 Å². The summed E-state index contributed by atoms with van der Waals surface area (Å²) in [6.07, 6.45) is 6.26. The molecule has 2 unspecified atom stereocenters. The molecule has 3 N–H and O–H groups in total. The predicted molar refractivity (Wildman–Crippen MR) is 76.9 cm³/mol. The Morgan fingerprint density at radius 1 is 1.47 bits per heavy atom. The molecule has 0 aliphatic heterocycles. The molecule has 1 aliphatic carbocycles. The van der Waals surface area contributed by atoms with Crippen LogP contribution in [0.25, 0.3) is 0 Å². The van der Waals surface area contributed by atoms with E-state index < -0.39 is 0 Å². The van der Waals surface area contributed by atoms with Gasteiger partial charge in [-0.25, -0.2) is 0 Å². The summed E-state index contributed by atoms with van der Waals surface area (Å²) in [5.74, 6) is 0.427. The van der Waals surface area contributed by atoms with E-state index >= 15 is 0 Å². The van der Waals surface area contributed by atoms with Crippen LogP contribution in [0, 0.1) is 5.92 Å². The van der Waals surface area contributed by atoms with Gasteiger partial charge in [-0.3, -0.25) is 4.68 Å². The minimum absolute atomic E-state index is 0.109. The van der Waals surface area contributed by atoms with Gasteiger partial charge >= 0.3 is 0 Å². The van der Waals surface area contributed by atoms with Gasteiger partial charge in [0.1, 0.15) is 0 Å². The van der Waals surface area contributed by atoms with Gasteiger partial charge in [-0.2, -0.15) is 5.10 Å². The van der Waals surface area contributed by atoms with Crippen molar-refractivity contribution in [3.8, 4) is 0 Å². The molecular weight excluding hydrogens is 238 g/mol. The van der Waals surface area contributed by atoms with Crippen LogP contribution in [0.3, 0.4) is 0 Å². The van der Waals surface area contributed by atoms with Gasteiger partial charge in [-0.05, 0) is 44.1 Å². The fourth-order valence-electron chi connectivity index (χ4n) is 3.25. The lowest BCUT2D eigenvalue weighted by atomic mass is 9.86. The smallest absolute Gasteiger partial charge is 0.0624 e. The molecule has 2 atom stereocenters. The Hall–Kier alpha value is -0.870. The number of aryl methyl sites for hydroxylation is 3. The molecule has 4 heteroatoms. The van der Waals surface area contributed by atoms with E-state index in [1.54, 1.807) is 0 Å². The van der Waals surface area contributed by atoms with Crippen molar-refractivity contribution in [3.63, 3.8) is 0 Å². The van der Waals surface area contributed by atoms with Crippen molar-refractivity contribution in [2.24, 2.45) is 11.7 Å². The third-order valence-electron chi connectivity index (χ3n) is 4.63. The highest BCUT2D eigenvalue weighted by atomic mass is 16.3. The van der Waals surface area contributed by atoms with E-state index in [9.17, 15) is 5.11 Å². The van der Waals surface area contributed by atoms with Crippen molar-refractivity contribution in [2.75, 3.05) is 6.61 Å². The zero-order valence-electron chi connectivity index (χ0n) is 12.2. The molecule has 1 heterocycles. The van der Waals surface area contributed by atoms with Crippen molar-refractivity contribution in [2.45, 2.75) is 64.5 Å². The van der Waals surface area contributed by atoms with E-state index in [4.69, 9.17) is 5.73 Å². The molecule has 1 saturated carbocycles. The van der Waals surface area contributed by atoms with Crippen molar-refractivity contribution < 1.29 is 5.11 Å². The summed E-state index contributed by atoms with van der Waals surface area (Å²) in [6, 6.07) is 2.20. The number of hydrogen-bond acceptors (Lipinski definition) is 3. The lowest BCUT2D eigenvalue weighted by Gasteiger charge is -2.29. The summed E-state index contributed by atoms with van der Waals surface area (Å²) in [6.45, 7) is 5.34. The van der Waals surface area contributed by atoms with Crippen LogP contribution in [-0.2, 0) is 19.4 Å². The molecule has 0 amide bonds. The highest BCUT2D eigenvalue weighted by Gasteiger charge is 2.38. The van der Waals surface area contributed by atoms with Gasteiger partial charge in [-0.1, -0.05) is 20.3 Å². The molecule has 0 spiro atoms. The van der Waals surface area contributed by atoms with Gasteiger partial charge in [0, 0.05) is 17.8 Å². The number of nitrogens with two attached hydrogens (primary N) is 1. The van der Waals surface area contributed by atoms with Crippen LogP contribution in [0.4, 0.5) is 0 Å². The Labute approximate surface area is 116 Å². The molecule has 1 fully saturated rings. The van der Waals surface area contributed by atoms with Crippen LogP contribution in [0.2, 0.25) is 0 Å². The standard InChI is InChI=1S/C15H27N3O/c1-3-13-10-14(4-2)18(17-13)9-7-12-6-5-8-15(12,16)11-19/h10,12,19H,3-9,11,16H2,1-2H3. The molecule has 2 rings (SSSR count). The molecule has 108 valence electrons. The van der Waals surface area contributed by atoms with Crippen molar-refractivity contribution in [3.05, 3.63) is 17.5 Å². The van der Waals surface area contributed by atoms with Crippen molar-refractivity contribution >= 4 is 0 Å². The maximum Gasteiger partial charge on any atom is 0.0624 e. The average molecular weight is 265 g/mol. The molecule has 1 aliphatic rings. The molecule has 0 aromatic carbocycles. The normalized spacial score (nSPS) is 27.1. The largest absolute Gasteiger partial charge is 0.394 e. The quantitative estimate of drug-likeness (QED) is 0.825. The highest BCUT2D eigenvalue weighted by Crippen LogP contribution is 2.36. The number of rotatable bonds is 6. The second kappa shape index (κ2) is 6.06. The first kappa shape index (κ1) is 14.5. The summed E-state index contributed by atoms with van der Waals surface area (Å²) in [5.41, 5.74) is 8.41. The van der Waals surface area contributed by atoms with Crippen LogP contribution in [0.1, 0.15) is 50.9 Å². The minimum atomic E-state index is -0.354. The maximum atomic E-state index is 9.49. The predicted octanol–water partition coefficient (Wildman–Crippen LogP) is 1.89. The van der Waals surface area contributed by atoms with Gasteiger partial charge in [0.15, 0.2) is 0 Å². The van der Waals surface area contributed by atoms with E-state index in [1.807, 2.05) is 0 Å². The third-order valence-corrected chi connectivity index (χ3v) is 4.63. The first-order valence-corrected chi connectivity index (χ1v) is 7.58. The van der Waals surface area contributed by atoms with Crippen LogP contribution < -0.4 is 5.73 Å². The van der Waals surface area contributed by atoms with Crippen LogP contribution >= 0.6 is 0 Å². The second-order valence-corrected chi connectivity index (χ2v) is 5.83. The molecular formula is C15H27N3O. The Bertz CT molecular complexity index is 416. The summed E-state index contributed by atoms with van der Waals surface area (Å²) in [4.78, 5) is 0. The zero-order valence-corrected chi connectivity index (χ0v) is 12.2. The first-order chi connectivity index (χ1) is 9.12. The third kappa shape index (κ3) is 3.00. The average Bonchev–Trinajstić information content (AvgIpc) is 3.00. The van der Waals surface area contributed by atoms with Crippen LogP contribution in [-0.4, -0.2) is 27.0 Å². The number of aliphatic hydroxyl groups is 1. The summed E-state index contributed by atoms with van der Waals surface area (Å²) < 4.78 is 2.13. The molecule has 0 saturated heterocycles. The fraction of sp³-hybridized carbons (Fsp3) is 0.800. The maximum absolute atomic E-state index is 9.49. The molecule has 0 bridgehead atoms. The van der Waals surface area contributed by atoms with E-state index in [0.717, 1.165) is 45.1 Å². The van der Waals surface area contributed by atoms with Gasteiger partial charge in [0.2, 0.25) is 0 Å². The molecule has 4 nitrogen and oxygen atoms in total. The van der Waals surface area contributed by atoms with Gasteiger partial charge in [0.25, 0.3) is 0 Å². The van der Waals surface area contributed by atoms with Gasteiger partial charge in [-0.15, -0.1) is 0 Å². The van der Waals surface area contributed by atoms with Crippen molar-refractivity contribution in [1.29, 1.82) is 0 Å². The lowest BCUT2D eigenvalue weighted by molar-refractivity contribution is 0.152. The zero-order chi connectivity index (χ0) is 13.9. The van der Waals surface area contributed by atoms with Crippen LogP contribution in [0.5, 0.6) is 0 Å². The number of aromatic nitrogens is 2. The number of hydrogen-bond donors (Lipinski definition) is 2. The monoisotopic (exact) mass is 265 g/mol. The second-order valence-electron chi connectivity index (χ2n) is 5.83. The topological polar surface area (TPSA) is 64.1 Å². The molecule has 1 aromatic rings. The lowest BCUT2D eigenvalue weighted by Crippen LogP contribution is -2.47. The number of aliphatic hydroxyl groups excluding tert-OH is 1. The van der Waals surface area contributed by atoms with E-state index in [0.29, 0.717) is 5.92 Å². The summed E-state index contributed by atoms with van der Waals surface area (Å²) >= 11 is 0. The van der Waals surface area contributed by atoms with Gasteiger partial charge in [0.05, 0.1) is 12.3 Å². The number of nitrogens with zero attached hydrogens (tertiary/aromatic N) is 2. The highest BCUT2D eigenvalue weighted by molar-refractivity contribution is 5.10. The fourth-order valence-corrected chi connectivity index (χ4v) is 3.25. The molecule has 1 aromatic heterocycles. The first-order valence-electron chi connectivity index (χ1n) is 7.58. The Kier molecular flexibility index (Phi) is 4.63. The Balaban J connectivity index is 2.00. The Morgan fingerprint density at radius 3 is 2.89 bits per heavy atom. The van der Waals surface area contributed by atoms with E-state index in [-0.39, 0.29) is 12.1 Å². The van der Waals surface area contributed by atoms with E-state index in [1.165, 1.54) is 11.4 Å². The SMILES string of the molecule is CCc1cc(CC)n(CCC2CCCC2(N)CO)n1. The van der Waals surface area contributed by atoms with Gasteiger partial charge < -0.3 is 10.8 Å². The Morgan fingerprint density at radius 2 is 2.26 bits per heavy atom. The van der Waals surface area contributed by atoms with Crippen molar-refractivity contribution in [1.82, 2.24) is 9.78 Å².